The van der Waals surface area contributed by atoms with Crippen molar-refractivity contribution in [3.05, 3.63) is 10.9 Å². The summed E-state index contributed by atoms with van der Waals surface area (Å²) >= 11 is 1.33. The maximum Gasteiger partial charge on any atom is 0.350 e. The molecule has 0 spiro atoms. The molecule has 7 heteroatoms. The van der Waals surface area contributed by atoms with Crippen LogP contribution < -0.4 is 10.6 Å². The summed E-state index contributed by atoms with van der Waals surface area (Å²) in [4.78, 5) is 14.1. The molecule has 1 aliphatic heterocycles. The first-order chi connectivity index (χ1) is 9.10. The molecule has 0 aromatic carbocycles. The summed E-state index contributed by atoms with van der Waals surface area (Å²) in [6.45, 7) is 1.44. The van der Waals surface area contributed by atoms with Crippen LogP contribution >= 0.6 is 11.3 Å². The van der Waals surface area contributed by atoms with Gasteiger partial charge in [-0.1, -0.05) is 0 Å². The topological polar surface area (TPSA) is 74.0 Å². The highest BCUT2D eigenvalue weighted by Gasteiger charge is 2.34. The Labute approximate surface area is 116 Å². The van der Waals surface area contributed by atoms with Gasteiger partial charge in [-0.15, -0.1) is 11.3 Å². The zero-order valence-electron chi connectivity index (χ0n) is 11.2. The molecule has 0 bridgehead atoms. The fraction of sp³-hybridized carbons (Fsp3) is 0.583. The van der Waals surface area contributed by atoms with Crippen molar-refractivity contribution in [3.63, 3.8) is 0 Å². The Balaban J connectivity index is 2.17. The summed E-state index contributed by atoms with van der Waals surface area (Å²) in [7, 11) is 4.69. The second-order valence-electron chi connectivity index (χ2n) is 4.31. The number of nitrogens with zero attached hydrogens (tertiary/aromatic N) is 1. The third-order valence-corrected chi connectivity index (χ3v) is 4.44. The molecule has 1 aliphatic rings. The van der Waals surface area contributed by atoms with Gasteiger partial charge in [0.2, 0.25) is 0 Å². The Morgan fingerprint density at radius 1 is 1.32 bits per heavy atom. The second kappa shape index (κ2) is 5.77. The van der Waals surface area contributed by atoms with E-state index in [0.717, 1.165) is 18.1 Å². The molecule has 0 amide bonds. The minimum Gasteiger partial charge on any atom is -0.465 e. The number of carbonyl (C=O) groups excluding carboxylic acids is 1. The number of ether oxygens (including phenoxy) is 3. The van der Waals surface area contributed by atoms with Crippen LogP contribution in [0.3, 0.4) is 0 Å². The number of hydrogen-bond acceptors (Lipinski definition) is 7. The Morgan fingerprint density at radius 3 is 2.37 bits per heavy atom. The van der Waals surface area contributed by atoms with Crippen molar-refractivity contribution in [2.45, 2.75) is 12.2 Å². The fourth-order valence-corrected chi connectivity index (χ4v) is 3.19. The number of esters is 1. The van der Waals surface area contributed by atoms with E-state index in [1.807, 2.05) is 0 Å². The summed E-state index contributed by atoms with van der Waals surface area (Å²) in [5.41, 5.74) is 6.29. The fourth-order valence-electron chi connectivity index (χ4n) is 2.18. The number of hydrogen-bond donors (Lipinski definition) is 1. The maximum absolute atomic E-state index is 11.5. The Morgan fingerprint density at radius 2 is 1.89 bits per heavy atom. The zero-order chi connectivity index (χ0) is 14.0. The molecule has 0 aliphatic carbocycles. The summed E-state index contributed by atoms with van der Waals surface area (Å²) in [5, 5.41) is 0.930. The lowest BCUT2D eigenvalue weighted by Gasteiger charge is -2.14. The van der Waals surface area contributed by atoms with Gasteiger partial charge in [0.15, 0.2) is 0 Å². The van der Waals surface area contributed by atoms with Crippen LogP contribution in [0.15, 0.2) is 6.07 Å². The third-order valence-electron chi connectivity index (χ3n) is 3.25. The van der Waals surface area contributed by atoms with Gasteiger partial charge in [-0.25, -0.2) is 4.79 Å². The molecule has 1 aromatic heterocycles. The highest BCUT2D eigenvalue weighted by atomic mass is 32.1. The predicted molar refractivity (Wildman–Crippen MR) is 73.9 cm³/mol. The van der Waals surface area contributed by atoms with E-state index in [4.69, 9.17) is 19.9 Å². The van der Waals surface area contributed by atoms with Crippen molar-refractivity contribution >= 4 is 28.0 Å². The lowest BCUT2D eigenvalue weighted by atomic mass is 10.3. The van der Waals surface area contributed by atoms with E-state index in [2.05, 4.69) is 4.90 Å². The Bertz CT molecular complexity index is 451. The van der Waals surface area contributed by atoms with Crippen LogP contribution in [0.2, 0.25) is 0 Å². The first kappa shape index (κ1) is 14.1. The molecule has 19 heavy (non-hydrogen) atoms. The molecule has 1 saturated heterocycles. The van der Waals surface area contributed by atoms with Gasteiger partial charge in [0.05, 0.1) is 17.8 Å². The molecule has 2 heterocycles. The van der Waals surface area contributed by atoms with Gasteiger partial charge < -0.3 is 24.8 Å². The van der Waals surface area contributed by atoms with Gasteiger partial charge in [0.25, 0.3) is 0 Å². The standard InChI is InChI=1S/C12H18N2O4S/c1-16-8-5-14(6-9(8)17-2)10-4-7(13)11(19-10)12(15)18-3/h4,8-9H,5-6,13H2,1-3H3. The van der Waals surface area contributed by atoms with Crippen LogP contribution in [0.1, 0.15) is 9.67 Å². The third kappa shape index (κ3) is 2.68. The lowest BCUT2D eigenvalue weighted by molar-refractivity contribution is -0.00461. The van der Waals surface area contributed by atoms with E-state index in [1.165, 1.54) is 18.4 Å². The van der Waals surface area contributed by atoms with Crippen molar-refractivity contribution in [1.29, 1.82) is 0 Å². The van der Waals surface area contributed by atoms with Crippen LogP contribution in [0.4, 0.5) is 10.7 Å². The Hall–Kier alpha value is -1.31. The van der Waals surface area contributed by atoms with Gasteiger partial charge in [-0.3, -0.25) is 0 Å². The summed E-state index contributed by atoms with van der Waals surface area (Å²) < 4.78 is 15.5. The number of anilines is 2. The largest absolute Gasteiger partial charge is 0.465 e. The molecule has 106 valence electrons. The molecular weight excluding hydrogens is 268 g/mol. The SMILES string of the molecule is COC(=O)c1sc(N2CC(OC)C(OC)C2)cc1N. The number of methoxy groups -OCH3 is 3. The number of nitrogen functional groups attached to an aromatic ring is 1. The number of nitrogens with two attached hydrogens (primary N) is 1. The predicted octanol–water partition coefficient (Wildman–Crippen LogP) is 0.967. The zero-order valence-corrected chi connectivity index (χ0v) is 12.0. The maximum atomic E-state index is 11.5. The molecule has 2 unspecified atom stereocenters. The molecule has 1 aromatic rings. The first-order valence-electron chi connectivity index (χ1n) is 5.88. The summed E-state index contributed by atoms with van der Waals surface area (Å²) in [6.07, 6.45) is 0.0461. The number of thiophene rings is 1. The van der Waals surface area contributed by atoms with E-state index in [9.17, 15) is 4.79 Å². The van der Waals surface area contributed by atoms with E-state index >= 15 is 0 Å². The molecular formula is C12H18N2O4S. The molecule has 1 fully saturated rings. The van der Waals surface area contributed by atoms with E-state index in [1.54, 1.807) is 20.3 Å². The van der Waals surface area contributed by atoms with Crippen molar-refractivity contribution in [3.8, 4) is 0 Å². The van der Waals surface area contributed by atoms with Crippen molar-refractivity contribution < 1.29 is 19.0 Å². The van der Waals surface area contributed by atoms with Crippen molar-refractivity contribution in [2.24, 2.45) is 0 Å². The Kier molecular flexibility index (Phi) is 4.28. The summed E-state index contributed by atoms with van der Waals surface area (Å²) in [6, 6.07) is 1.79. The monoisotopic (exact) mass is 286 g/mol. The first-order valence-corrected chi connectivity index (χ1v) is 6.70. The number of rotatable bonds is 4. The van der Waals surface area contributed by atoms with Crippen molar-refractivity contribution in [2.75, 3.05) is 45.1 Å². The number of carbonyl (C=O) groups is 1. The highest BCUT2D eigenvalue weighted by molar-refractivity contribution is 7.18. The highest BCUT2D eigenvalue weighted by Crippen LogP contribution is 2.35. The van der Waals surface area contributed by atoms with Crippen molar-refractivity contribution in [1.82, 2.24) is 0 Å². The van der Waals surface area contributed by atoms with E-state index in [-0.39, 0.29) is 12.2 Å². The average molecular weight is 286 g/mol. The smallest absolute Gasteiger partial charge is 0.350 e. The van der Waals surface area contributed by atoms with Gasteiger partial charge in [-0.2, -0.15) is 0 Å². The van der Waals surface area contributed by atoms with Crippen LogP contribution in [0.5, 0.6) is 0 Å². The normalized spacial score (nSPS) is 22.8. The summed E-state index contributed by atoms with van der Waals surface area (Å²) in [5.74, 6) is -0.403. The van der Waals surface area contributed by atoms with E-state index < -0.39 is 5.97 Å². The molecule has 2 atom stereocenters. The minimum atomic E-state index is -0.403. The lowest BCUT2D eigenvalue weighted by Crippen LogP contribution is -2.27. The van der Waals surface area contributed by atoms with Crippen LogP contribution in [0.25, 0.3) is 0 Å². The van der Waals surface area contributed by atoms with Gasteiger partial charge in [0.1, 0.15) is 17.1 Å². The van der Waals surface area contributed by atoms with E-state index in [0.29, 0.717) is 10.6 Å². The molecule has 2 rings (SSSR count). The van der Waals surface area contributed by atoms with Gasteiger partial charge in [0, 0.05) is 27.3 Å². The molecule has 2 N–H and O–H groups in total. The minimum absolute atomic E-state index is 0.0231. The second-order valence-corrected chi connectivity index (χ2v) is 5.34. The molecule has 6 nitrogen and oxygen atoms in total. The van der Waals surface area contributed by atoms with Gasteiger partial charge in [-0.05, 0) is 6.07 Å². The molecule has 0 radical (unpaired) electrons. The van der Waals surface area contributed by atoms with Crippen LogP contribution in [-0.4, -0.2) is 52.6 Å². The quantitative estimate of drug-likeness (QED) is 0.831. The van der Waals surface area contributed by atoms with Crippen LogP contribution in [-0.2, 0) is 14.2 Å². The van der Waals surface area contributed by atoms with Gasteiger partial charge >= 0.3 is 5.97 Å². The van der Waals surface area contributed by atoms with Crippen LogP contribution in [0, 0.1) is 0 Å². The average Bonchev–Trinajstić information content (AvgIpc) is 3.00. The molecule has 0 saturated carbocycles.